The van der Waals surface area contributed by atoms with E-state index in [9.17, 15) is 19.1 Å². The van der Waals surface area contributed by atoms with Gasteiger partial charge in [0.1, 0.15) is 17.7 Å². The van der Waals surface area contributed by atoms with Gasteiger partial charge in [0.25, 0.3) is 5.91 Å². The number of aliphatic carboxylic acids is 1. The molecule has 1 atom stereocenters. The number of carboxylic acids is 1. The maximum absolute atomic E-state index is 13.6. The van der Waals surface area contributed by atoms with E-state index in [4.69, 9.17) is 0 Å². The number of halogens is 1. The van der Waals surface area contributed by atoms with E-state index in [-0.39, 0.29) is 5.82 Å². The SMILES string of the molecule is CSCC[C@H](NC(=O)c1ccc(C=CCc2nccn2Cc2ccccc2)cc1-c1ccc(F)cc1)C(=O)O. The molecule has 0 fully saturated rings. The smallest absolute Gasteiger partial charge is 0.326 e. The Balaban J connectivity index is 1.56. The fourth-order valence-electron chi connectivity index (χ4n) is 4.22. The van der Waals surface area contributed by atoms with Crippen molar-refractivity contribution in [1.82, 2.24) is 14.9 Å². The summed E-state index contributed by atoms with van der Waals surface area (Å²) in [5.74, 6) is -0.410. The number of carboxylic acid groups (broad SMARTS) is 1. The molecular weight excluding hydrogens is 513 g/mol. The molecule has 1 heterocycles. The normalized spacial score (nSPS) is 11.9. The first-order valence-corrected chi connectivity index (χ1v) is 14.0. The summed E-state index contributed by atoms with van der Waals surface area (Å²) in [6.07, 6.45) is 10.5. The number of rotatable bonds is 12. The molecule has 0 saturated heterocycles. The Morgan fingerprint density at radius 1 is 1.10 bits per heavy atom. The van der Waals surface area contributed by atoms with Crippen LogP contribution in [0.2, 0.25) is 0 Å². The van der Waals surface area contributed by atoms with Gasteiger partial charge in [-0.25, -0.2) is 14.2 Å². The van der Waals surface area contributed by atoms with Crippen LogP contribution in [-0.2, 0) is 17.8 Å². The van der Waals surface area contributed by atoms with Crippen molar-refractivity contribution in [1.29, 1.82) is 0 Å². The Morgan fingerprint density at radius 2 is 1.87 bits per heavy atom. The number of allylic oxidation sites excluding steroid dienone is 1. The predicted molar refractivity (Wildman–Crippen MR) is 154 cm³/mol. The van der Waals surface area contributed by atoms with Crippen LogP contribution in [0.1, 0.15) is 33.7 Å². The number of thioether (sulfide) groups is 1. The van der Waals surface area contributed by atoms with Gasteiger partial charge in [0.15, 0.2) is 0 Å². The number of aromatic nitrogens is 2. The van der Waals surface area contributed by atoms with Crippen LogP contribution in [0.15, 0.2) is 91.3 Å². The minimum absolute atomic E-state index is 0.314. The van der Waals surface area contributed by atoms with Crippen molar-refractivity contribution in [3.63, 3.8) is 0 Å². The average molecular weight is 544 g/mol. The second-order valence-electron chi connectivity index (χ2n) is 9.02. The number of benzene rings is 3. The topological polar surface area (TPSA) is 84.2 Å². The minimum Gasteiger partial charge on any atom is -0.480 e. The third-order valence-electron chi connectivity index (χ3n) is 6.27. The summed E-state index contributed by atoms with van der Waals surface area (Å²) in [6, 6.07) is 20.4. The van der Waals surface area contributed by atoms with E-state index in [0.29, 0.717) is 35.3 Å². The van der Waals surface area contributed by atoms with E-state index in [1.54, 1.807) is 24.4 Å². The number of amides is 1. The molecule has 0 aliphatic rings. The molecule has 3 aromatic carbocycles. The third kappa shape index (κ3) is 7.67. The van der Waals surface area contributed by atoms with Crippen LogP contribution in [-0.4, -0.2) is 44.6 Å². The van der Waals surface area contributed by atoms with Crippen molar-refractivity contribution in [2.24, 2.45) is 0 Å². The number of nitrogens with one attached hydrogen (secondary N) is 1. The molecule has 2 N–H and O–H groups in total. The van der Waals surface area contributed by atoms with Crippen molar-refractivity contribution in [2.45, 2.75) is 25.4 Å². The molecule has 0 aliphatic carbocycles. The zero-order valence-electron chi connectivity index (χ0n) is 21.6. The first kappa shape index (κ1) is 27.9. The number of imidazole rings is 1. The van der Waals surface area contributed by atoms with Crippen molar-refractivity contribution < 1.29 is 19.1 Å². The van der Waals surface area contributed by atoms with Crippen LogP contribution in [0.4, 0.5) is 4.39 Å². The minimum atomic E-state index is -1.08. The lowest BCUT2D eigenvalue weighted by Gasteiger charge is -2.16. The molecule has 0 radical (unpaired) electrons. The Kier molecular flexibility index (Phi) is 9.69. The maximum Gasteiger partial charge on any atom is 0.326 e. The fraction of sp³-hybridized carbons (Fsp3) is 0.194. The van der Waals surface area contributed by atoms with Crippen LogP contribution in [0, 0.1) is 5.82 Å². The molecule has 0 unspecified atom stereocenters. The fourth-order valence-corrected chi connectivity index (χ4v) is 4.69. The quantitative estimate of drug-likeness (QED) is 0.231. The Morgan fingerprint density at radius 3 is 2.59 bits per heavy atom. The van der Waals surface area contributed by atoms with Gasteiger partial charge in [-0.15, -0.1) is 0 Å². The van der Waals surface area contributed by atoms with Crippen LogP contribution in [0.3, 0.4) is 0 Å². The second kappa shape index (κ2) is 13.6. The molecule has 8 heteroatoms. The van der Waals surface area contributed by atoms with Gasteiger partial charge in [-0.1, -0.05) is 60.7 Å². The molecule has 1 amide bonds. The number of carbonyl (C=O) groups excluding carboxylic acids is 1. The molecule has 39 heavy (non-hydrogen) atoms. The van der Waals surface area contributed by atoms with Gasteiger partial charge in [0.2, 0.25) is 0 Å². The highest BCUT2D eigenvalue weighted by Gasteiger charge is 2.22. The molecule has 4 aromatic rings. The lowest BCUT2D eigenvalue weighted by molar-refractivity contribution is -0.139. The van der Waals surface area contributed by atoms with E-state index in [1.807, 2.05) is 54.9 Å². The van der Waals surface area contributed by atoms with Gasteiger partial charge in [-0.05, 0) is 64.9 Å². The first-order valence-electron chi connectivity index (χ1n) is 12.6. The third-order valence-corrected chi connectivity index (χ3v) is 6.91. The van der Waals surface area contributed by atoms with Gasteiger partial charge >= 0.3 is 5.97 Å². The monoisotopic (exact) mass is 543 g/mol. The summed E-state index contributed by atoms with van der Waals surface area (Å²) in [6.45, 7) is 0.733. The summed E-state index contributed by atoms with van der Waals surface area (Å²) in [5.41, 5.74) is 3.62. The van der Waals surface area contributed by atoms with Crippen LogP contribution >= 0.6 is 11.8 Å². The summed E-state index contributed by atoms with van der Waals surface area (Å²) < 4.78 is 15.7. The lowest BCUT2D eigenvalue weighted by atomic mass is 9.96. The van der Waals surface area contributed by atoms with E-state index in [1.165, 1.54) is 29.5 Å². The van der Waals surface area contributed by atoms with Crippen LogP contribution in [0.5, 0.6) is 0 Å². The largest absolute Gasteiger partial charge is 0.480 e. The number of hydrogen-bond acceptors (Lipinski definition) is 4. The summed E-state index contributed by atoms with van der Waals surface area (Å²) in [4.78, 5) is 29.3. The highest BCUT2D eigenvalue weighted by molar-refractivity contribution is 7.98. The molecular formula is C31H30FN3O3S. The first-order chi connectivity index (χ1) is 18.9. The number of nitrogens with zero attached hydrogens (tertiary/aromatic N) is 2. The van der Waals surface area contributed by atoms with Crippen molar-refractivity contribution in [3.05, 3.63) is 120 Å². The molecule has 200 valence electrons. The highest BCUT2D eigenvalue weighted by Crippen LogP contribution is 2.26. The summed E-state index contributed by atoms with van der Waals surface area (Å²) in [7, 11) is 0. The van der Waals surface area contributed by atoms with Gasteiger partial charge in [0.05, 0.1) is 0 Å². The Hall–Kier alpha value is -4.17. The second-order valence-corrected chi connectivity index (χ2v) is 10.0. The molecule has 6 nitrogen and oxygen atoms in total. The van der Waals surface area contributed by atoms with E-state index >= 15 is 0 Å². The molecule has 1 aromatic heterocycles. The van der Waals surface area contributed by atoms with Crippen molar-refractivity contribution >= 4 is 29.7 Å². The maximum atomic E-state index is 13.6. The molecule has 4 rings (SSSR count). The van der Waals surface area contributed by atoms with E-state index in [2.05, 4.69) is 27.0 Å². The highest BCUT2D eigenvalue weighted by atomic mass is 32.2. The van der Waals surface area contributed by atoms with Gasteiger partial charge in [-0.3, -0.25) is 4.79 Å². The van der Waals surface area contributed by atoms with Crippen LogP contribution in [0.25, 0.3) is 17.2 Å². The van der Waals surface area contributed by atoms with E-state index in [0.717, 1.165) is 17.9 Å². The summed E-state index contributed by atoms with van der Waals surface area (Å²) in [5, 5.41) is 12.2. The predicted octanol–water partition coefficient (Wildman–Crippen LogP) is 5.93. The van der Waals surface area contributed by atoms with Gasteiger partial charge in [-0.2, -0.15) is 11.8 Å². The Bertz CT molecular complexity index is 1440. The van der Waals surface area contributed by atoms with Gasteiger partial charge < -0.3 is 15.0 Å². The number of carbonyl (C=O) groups is 2. The Labute approximate surface area is 231 Å². The molecule has 0 spiro atoms. The van der Waals surface area contributed by atoms with Crippen LogP contribution < -0.4 is 5.32 Å². The van der Waals surface area contributed by atoms with Crippen molar-refractivity contribution in [3.8, 4) is 11.1 Å². The number of hydrogen-bond donors (Lipinski definition) is 2. The van der Waals surface area contributed by atoms with Gasteiger partial charge in [0, 0.05) is 30.9 Å². The molecule has 0 aliphatic heterocycles. The zero-order valence-corrected chi connectivity index (χ0v) is 22.4. The average Bonchev–Trinajstić information content (AvgIpc) is 3.38. The molecule has 0 saturated carbocycles. The van der Waals surface area contributed by atoms with E-state index < -0.39 is 17.9 Å². The standard InChI is InChI=1S/C31H30FN3O3S/c1-39-19-16-28(31(37)38)34-30(36)26-15-10-22(20-27(26)24-11-13-25(32)14-12-24)8-5-9-29-33-17-18-35(29)21-23-6-3-2-4-7-23/h2-8,10-15,17-18,20,28H,9,16,19,21H2,1H3,(H,34,36)(H,37,38)/t28-/m0/s1. The lowest BCUT2D eigenvalue weighted by Crippen LogP contribution is -2.41. The van der Waals surface area contributed by atoms with Crippen molar-refractivity contribution in [2.75, 3.05) is 12.0 Å². The summed E-state index contributed by atoms with van der Waals surface area (Å²) >= 11 is 1.52. The molecule has 0 bridgehead atoms. The zero-order chi connectivity index (χ0) is 27.6.